The molecule has 3 rings (SSSR count). The van der Waals surface area contributed by atoms with Crippen molar-refractivity contribution >= 4 is 11.9 Å². The van der Waals surface area contributed by atoms with Crippen molar-refractivity contribution in [2.24, 2.45) is 0 Å². The first-order valence-corrected chi connectivity index (χ1v) is 8.29. The molecule has 1 unspecified atom stereocenters. The molecule has 1 saturated heterocycles. The predicted octanol–water partition coefficient (Wildman–Crippen LogP) is 3.16. The Hall–Kier alpha value is -2.62. The highest BCUT2D eigenvalue weighted by Gasteiger charge is 2.28. The maximum Gasteiger partial charge on any atom is 0.335 e. The second-order valence-electron chi connectivity index (χ2n) is 6.25. The summed E-state index contributed by atoms with van der Waals surface area (Å²) in [4.78, 5) is 25.5. The highest BCUT2D eigenvalue weighted by atomic mass is 16.4. The van der Waals surface area contributed by atoms with Gasteiger partial charge in [0.1, 0.15) is 0 Å². The smallest absolute Gasteiger partial charge is 0.335 e. The summed E-state index contributed by atoms with van der Waals surface area (Å²) in [6.45, 7) is 0.809. The highest BCUT2D eigenvalue weighted by molar-refractivity contribution is 5.87. The number of carbonyl (C=O) groups excluding carboxylic acids is 1. The fourth-order valence-corrected chi connectivity index (χ4v) is 3.30. The molecular formula is C20H21NO3. The molecule has 0 aliphatic carbocycles. The summed E-state index contributed by atoms with van der Waals surface area (Å²) in [6, 6.07) is 17.1. The normalized spacial score (nSPS) is 17.0. The van der Waals surface area contributed by atoms with Gasteiger partial charge in [-0.2, -0.15) is 0 Å². The van der Waals surface area contributed by atoms with E-state index in [1.165, 1.54) is 5.56 Å². The molecule has 1 heterocycles. The number of amides is 1. The third-order valence-electron chi connectivity index (χ3n) is 4.57. The lowest BCUT2D eigenvalue weighted by Gasteiger charge is -2.25. The minimum Gasteiger partial charge on any atom is -0.478 e. The van der Waals surface area contributed by atoms with E-state index in [0.717, 1.165) is 31.4 Å². The number of carboxylic acid groups (broad SMARTS) is 1. The van der Waals surface area contributed by atoms with Crippen LogP contribution < -0.4 is 0 Å². The van der Waals surface area contributed by atoms with Gasteiger partial charge in [0.15, 0.2) is 0 Å². The van der Waals surface area contributed by atoms with Gasteiger partial charge in [0.2, 0.25) is 5.91 Å². The zero-order valence-corrected chi connectivity index (χ0v) is 13.5. The second-order valence-corrected chi connectivity index (χ2v) is 6.25. The molecular weight excluding hydrogens is 302 g/mol. The molecule has 2 aromatic carbocycles. The van der Waals surface area contributed by atoms with Gasteiger partial charge in [0.25, 0.3) is 0 Å². The van der Waals surface area contributed by atoms with E-state index >= 15 is 0 Å². The number of carbonyl (C=O) groups is 2. The predicted molar refractivity (Wildman–Crippen MR) is 92.0 cm³/mol. The lowest BCUT2D eigenvalue weighted by Crippen LogP contribution is -2.37. The van der Waals surface area contributed by atoms with E-state index in [4.69, 9.17) is 5.11 Å². The van der Waals surface area contributed by atoms with Gasteiger partial charge in [-0.1, -0.05) is 42.5 Å². The Morgan fingerprint density at radius 2 is 1.71 bits per heavy atom. The fraction of sp³-hybridized carbons (Fsp3) is 0.300. The fourth-order valence-electron chi connectivity index (χ4n) is 3.30. The second kappa shape index (κ2) is 7.30. The Morgan fingerprint density at radius 1 is 1.00 bits per heavy atom. The first-order valence-electron chi connectivity index (χ1n) is 8.29. The first-order chi connectivity index (χ1) is 11.6. The zero-order valence-electron chi connectivity index (χ0n) is 13.5. The molecule has 0 radical (unpaired) electrons. The van der Waals surface area contributed by atoms with Crippen molar-refractivity contribution in [2.45, 2.75) is 31.7 Å². The molecule has 1 N–H and O–H groups in total. The van der Waals surface area contributed by atoms with Gasteiger partial charge in [-0.25, -0.2) is 4.79 Å². The minimum absolute atomic E-state index is 0.122. The molecule has 0 spiro atoms. The summed E-state index contributed by atoms with van der Waals surface area (Å²) in [5.41, 5.74) is 2.36. The van der Waals surface area contributed by atoms with Crippen LogP contribution in [0.2, 0.25) is 0 Å². The van der Waals surface area contributed by atoms with Gasteiger partial charge in [0, 0.05) is 12.6 Å². The third kappa shape index (κ3) is 3.82. The molecule has 4 heteroatoms. The van der Waals surface area contributed by atoms with Crippen LogP contribution in [-0.4, -0.2) is 34.5 Å². The van der Waals surface area contributed by atoms with Crippen LogP contribution in [0.3, 0.4) is 0 Å². The summed E-state index contributed by atoms with van der Waals surface area (Å²) in [6.07, 6.45) is 3.30. The molecule has 124 valence electrons. The number of nitrogens with zero attached hydrogens (tertiary/aromatic N) is 1. The van der Waals surface area contributed by atoms with E-state index in [0.29, 0.717) is 6.42 Å². The van der Waals surface area contributed by atoms with Gasteiger partial charge in [-0.15, -0.1) is 0 Å². The minimum atomic E-state index is -0.949. The van der Waals surface area contributed by atoms with Gasteiger partial charge < -0.3 is 10.0 Å². The maximum absolute atomic E-state index is 12.6. The van der Waals surface area contributed by atoms with Gasteiger partial charge >= 0.3 is 5.97 Å². The quantitative estimate of drug-likeness (QED) is 0.919. The number of hydrogen-bond acceptors (Lipinski definition) is 2. The monoisotopic (exact) mass is 323 g/mol. The first kappa shape index (κ1) is 16.2. The average Bonchev–Trinajstić information content (AvgIpc) is 3.04. The molecule has 1 aliphatic heterocycles. The molecule has 0 saturated carbocycles. The van der Waals surface area contributed by atoms with E-state index in [1.807, 2.05) is 23.1 Å². The van der Waals surface area contributed by atoms with Crippen molar-refractivity contribution in [1.29, 1.82) is 0 Å². The summed E-state index contributed by atoms with van der Waals surface area (Å²) in [5, 5.41) is 8.93. The van der Waals surface area contributed by atoms with E-state index in [1.54, 1.807) is 24.3 Å². The lowest BCUT2D eigenvalue weighted by atomic mass is 10.0. The van der Waals surface area contributed by atoms with Gasteiger partial charge in [0.05, 0.1) is 12.0 Å². The molecule has 1 fully saturated rings. The van der Waals surface area contributed by atoms with Crippen LogP contribution in [0.15, 0.2) is 54.6 Å². The topological polar surface area (TPSA) is 57.6 Å². The standard InChI is InChI=1S/C20H21NO3/c22-19(14-16-8-10-17(11-9-16)20(23)24)21-12-4-7-18(21)13-15-5-2-1-3-6-15/h1-3,5-6,8-11,18H,4,7,12-14H2,(H,23,24). The zero-order chi connectivity index (χ0) is 16.9. The number of hydrogen-bond donors (Lipinski definition) is 1. The molecule has 0 aromatic heterocycles. The Labute approximate surface area is 141 Å². The van der Waals surface area contributed by atoms with Crippen molar-refractivity contribution in [3.8, 4) is 0 Å². The summed E-state index contributed by atoms with van der Waals surface area (Å²) in [7, 11) is 0. The molecule has 24 heavy (non-hydrogen) atoms. The number of rotatable bonds is 5. The van der Waals surface area contributed by atoms with Crippen LogP contribution >= 0.6 is 0 Å². The number of benzene rings is 2. The maximum atomic E-state index is 12.6. The molecule has 4 nitrogen and oxygen atoms in total. The average molecular weight is 323 g/mol. The summed E-state index contributed by atoms with van der Waals surface area (Å²) in [5.74, 6) is -0.827. The van der Waals surface area contributed by atoms with Gasteiger partial charge in [-0.3, -0.25) is 4.79 Å². The van der Waals surface area contributed by atoms with Crippen molar-refractivity contribution < 1.29 is 14.7 Å². The Morgan fingerprint density at radius 3 is 2.38 bits per heavy atom. The molecule has 0 bridgehead atoms. The number of likely N-dealkylation sites (tertiary alicyclic amines) is 1. The van der Waals surface area contributed by atoms with Crippen molar-refractivity contribution in [1.82, 2.24) is 4.90 Å². The van der Waals surface area contributed by atoms with E-state index in [2.05, 4.69) is 12.1 Å². The molecule has 1 atom stereocenters. The summed E-state index contributed by atoms with van der Waals surface area (Å²) < 4.78 is 0. The van der Waals surface area contributed by atoms with Crippen LogP contribution in [0.4, 0.5) is 0 Å². The van der Waals surface area contributed by atoms with Crippen LogP contribution in [0.1, 0.15) is 34.3 Å². The van der Waals surface area contributed by atoms with Crippen molar-refractivity contribution in [3.63, 3.8) is 0 Å². The summed E-state index contributed by atoms with van der Waals surface area (Å²) >= 11 is 0. The Kier molecular flexibility index (Phi) is 4.94. The SMILES string of the molecule is O=C(O)c1ccc(CC(=O)N2CCCC2Cc2ccccc2)cc1. The molecule has 1 aliphatic rings. The van der Waals surface area contributed by atoms with Gasteiger partial charge in [-0.05, 0) is 42.5 Å². The van der Waals surface area contributed by atoms with Crippen molar-refractivity contribution in [2.75, 3.05) is 6.54 Å². The Balaban J connectivity index is 1.64. The molecule has 1 amide bonds. The molecule has 2 aromatic rings. The van der Waals surface area contributed by atoms with E-state index in [9.17, 15) is 9.59 Å². The van der Waals surface area contributed by atoms with Crippen LogP contribution in [-0.2, 0) is 17.6 Å². The largest absolute Gasteiger partial charge is 0.478 e. The lowest BCUT2D eigenvalue weighted by molar-refractivity contribution is -0.131. The highest BCUT2D eigenvalue weighted by Crippen LogP contribution is 2.22. The van der Waals surface area contributed by atoms with Crippen LogP contribution in [0.25, 0.3) is 0 Å². The van der Waals surface area contributed by atoms with E-state index in [-0.39, 0.29) is 17.5 Å². The van der Waals surface area contributed by atoms with Crippen LogP contribution in [0.5, 0.6) is 0 Å². The van der Waals surface area contributed by atoms with E-state index < -0.39 is 5.97 Å². The third-order valence-corrected chi connectivity index (χ3v) is 4.57. The number of aromatic carboxylic acids is 1. The van der Waals surface area contributed by atoms with Crippen LogP contribution in [0, 0.1) is 0 Å². The number of carboxylic acids is 1. The Bertz CT molecular complexity index is 709. The van der Waals surface area contributed by atoms with Crippen molar-refractivity contribution in [3.05, 3.63) is 71.3 Å².